The molecule has 0 aromatic rings. The van der Waals surface area contributed by atoms with Crippen molar-refractivity contribution in [2.75, 3.05) is 0 Å². The van der Waals surface area contributed by atoms with E-state index in [4.69, 9.17) is 0 Å². The fourth-order valence-corrected chi connectivity index (χ4v) is 2.88. The Bertz CT molecular complexity index is 318. The van der Waals surface area contributed by atoms with Crippen molar-refractivity contribution >= 4 is 11.8 Å². The predicted molar refractivity (Wildman–Crippen MR) is 65.4 cm³/mol. The Kier molecular flexibility index (Phi) is 3.30. The molecule has 1 unspecified atom stereocenters. The summed E-state index contributed by atoms with van der Waals surface area (Å²) in [5, 5.41) is 0.646. The average Bonchev–Trinajstić information content (AvgIpc) is 2.23. The third-order valence-corrected chi connectivity index (χ3v) is 3.99. The van der Waals surface area contributed by atoms with Gasteiger partial charge in [0.05, 0.1) is 0 Å². The monoisotopic (exact) mass is 204 g/mol. The van der Waals surface area contributed by atoms with Gasteiger partial charge in [-0.25, -0.2) is 0 Å². The van der Waals surface area contributed by atoms with Crippen LogP contribution in [0.3, 0.4) is 0 Å². The van der Waals surface area contributed by atoms with Crippen molar-refractivity contribution < 1.29 is 0 Å². The van der Waals surface area contributed by atoms with Crippen LogP contribution in [0.4, 0.5) is 0 Å². The van der Waals surface area contributed by atoms with Gasteiger partial charge in [0.1, 0.15) is 0 Å². The predicted octanol–water partition coefficient (Wildman–Crippen LogP) is 4.23. The molecule has 14 heavy (non-hydrogen) atoms. The largest absolute Gasteiger partial charge is 0.118 e. The zero-order valence-corrected chi connectivity index (χ0v) is 9.39. The molecule has 2 rings (SSSR count). The van der Waals surface area contributed by atoms with Gasteiger partial charge in [-0.05, 0) is 26.2 Å². The van der Waals surface area contributed by atoms with E-state index in [1.54, 1.807) is 5.57 Å². The molecule has 0 radical (unpaired) electrons. The van der Waals surface area contributed by atoms with Crippen LogP contribution in [0.2, 0.25) is 0 Å². The highest BCUT2D eigenvalue weighted by atomic mass is 32.2. The number of hydrogen-bond acceptors (Lipinski definition) is 1. The summed E-state index contributed by atoms with van der Waals surface area (Å²) in [5.74, 6) is 0. The van der Waals surface area contributed by atoms with Gasteiger partial charge in [-0.15, -0.1) is 11.8 Å². The second kappa shape index (κ2) is 4.70. The van der Waals surface area contributed by atoms with Gasteiger partial charge in [-0.2, -0.15) is 0 Å². The molecular weight excluding hydrogens is 188 g/mol. The minimum Gasteiger partial charge on any atom is -0.118 e. The second-order valence-corrected chi connectivity index (χ2v) is 5.07. The Morgan fingerprint density at radius 1 is 1.29 bits per heavy atom. The summed E-state index contributed by atoms with van der Waals surface area (Å²) in [6.07, 6.45) is 17.0. The minimum absolute atomic E-state index is 0.646. The molecule has 0 aromatic heterocycles. The van der Waals surface area contributed by atoms with Crippen LogP contribution in [0.15, 0.2) is 46.9 Å². The highest BCUT2D eigenvalue weighted by molar-refractivity contribution is 8.04. The molecule has 0 nitrogen and oxygen atoms in total. The van der Waals surface area contributed by atoms with Gasteiger partial charge in [0.25, 0.3) is 0 Å². The van der Waals surface area contributed by atoms with Crippen molar-refractivity contribution in [3.05, 3.63) is 46.9 Å². The molecule has 0 spiro atoms. The van der Waals surface area contributed by atoms with Crippen LogP contribution < -0.4 is 0 Å². The first-order valence-corrected chi connectivity index (χ1v) is 6.10. The first-order chi connectivity index (χ1) is 6.86. The lowest BCUT2D eigenvalue weighted by Crippen LogP contribution is -2.00. The molecule has 0 bridgehead atoms. The van der Waals surface area contributed by atoms with Crippen LogP contribution in [-0.4, -0.2) is 5.25 Å². The van der Waals surface area contributed by atoms with Crippen LogP contribution in [0.5, 0.6) is 0 Å². The van der Waals surface area contributed by atoms with E-state index >= 15 is 0 Å². The number of hydrogen-bond donors (Lipinski definition) is 0. The van der Waals surface area contributed by atoms with Crippen molar-refractivity contribution in [1.29, 1.82) is 0 Å². The molecule has 0 saturated heterocycles. The van der Waals surface area contributed by atoms with Gasteiger partial charge in [0, 0.05) is 10.2 Å². The molecule has 2 aliphatic rings. The summed E-state index contributed by atoms with van der Waals surface area (Å²) < 4.78 is 0. The van der Waals surface area contributed by atoms with Crippen molar-refractivity contribution in [3.63, 3.8) is 0 Å². The molecular formula is C13H16S. The molecule has 0 aromatic carbocycles. The van der Waals surface area contributed by atoms with Gasteiger partial charge in [-0.3, -0.25) is 0 Å². The molecule has 74 valence electrons. The first kappa shape index (κ1) is 9.85. The van der Waals surface area contributed by atoms with Crippen LogP contribution in [0.1, 0.15) is 26.2 Å². The maximum absolute atomic E-state index is 2.30. The highest BCUT2D eigenvalue weighted by Crippen LogP contribution is 2.33. The number of allylic oxidation sites excluding steroid dienone is 6. The van der Waals surface area contributed by atoms with Gasteiger partial charge in [0.15, 0.2) is 0 Å². The van der Waals surface area contributed by atoms with E-state index in [0.29, 0.717) is 5.25 Å². The molecule has 0 amide bonds. The highest BCUT2D eigenvalue weighted by Gasteiger charge is 2.11. The molecule has 0 fully saturated rings. The van der Waals surface area contributed by atoms with E-state index in [0.717, 1.165) is 0 Å². The number of rotatable bonds is 2. The fraction of sp³-hybridized carbons (Fsp3) is 0.385. The van der Waals surface area contributed by atoms with E-state index in [2.05, 4.69) is 43.4 Å². The van der Waals surface area contributed by atoms with Crippen molar-refractivity contribution in [2.24, 2.45) is 0 Å². The zero-order chi connectivity index (χ0) is 9.80. The summed E-state index contributed by atoms with van der Waals surface area (Å²) in [6.45, 7) is 2.26. The lowest BCUT2D eigenvalue weighted by Gasteiger charge is -2.17. The summed E-state index contributed by atoms with van der Waals surface area (Å²) in [5.41, 5.74) is 1.56. The molecule has 1 atom stereocenters. The first-order valence-electron chi connectivity index (χ1n) is 5.22. The van der Waals surface area contributed by atoms with Crippen molar-refractivity contribution in [1.82, 2.24) is 0 Å². The van der Waals surface area contributed by atoms with E-state index in [-0.39, 0.29) is 0 Å². The van der Waals surface area contributed by atoms with Gasteiger partial charge >= 0.3 is 0 Å². The summed E-state index contributed by atoms with van der Waals surface area (Å²) >= 11 is 2.00. The zero-order valence-electron chi connectivity index (χ0n) is 8.57. The maximum atomic E-state index is 2.30. The fourth-order valence-electron chi connectivity index (χ4n) is 1.70. The Morgan fingerprint density at radius 2 is 2.21 bits per heavy atom. The topological polar surface area (TPSA) is 0 Å². The van der Waals surface area contributed by atoms with E-state index in [1.807, 2.05) is 11.8 Å². The van der Waals surface area contributed by atoms with Crippen LogP contribution in [-0.2, 0) is 0 Å². The van der Waals surface area contributed by atoms with Crippen LogP contribution >= 0.6 is 11.8 Å². The van der Waals surface area contributed by atoms with Crippen LogP contribution in [0, 0.1) is 0 Å². The van der Waals surface area contributed by atoms with Crippen LogP contribution in [0.25, 0.3) is 0 Å². The Balaban J connectivity index is 2.00. The molecule has 0 N–H and O–H groups in total. The molecule has 1 heteroatoms. The molecule has 0 heterocycles. The van der Waals surface area contributed by atoms with E-state index in [1.165, 1.54) is 24.2 Å². The quantitative estimate of drug-likeness (QED) is 0.648. The van der Waals surface area contributed by atoms with Gasteiger partial charge in [-0.1, -0.05) is 42.0 Å². The third-order valence-electron chi connectivity index (χ3n) is 2.60. The van der Waals surface area contributed by atoms with E-state index < -0.39 is 0 Å². The van der Waals surface area contributed by atoms with E-state index in [9.17, 15) is 0 Å². The summed E-state index contributed by atoms with van der Waals surface area (Å²) in [7, 11) is 0. The lowest BCUT2D eigenvalue weighted by molar-refractivity contribution is 0.955. The maximum Gasteiger partial charge on any atom is 0.0312 e. The Morgan fingerprint density at radius 3 is 2.93 bits per heavy atom. The second-order valence-electron chi connectivity index (χ2n) is 3.79. The SMILES string of the molecule is CC1=C(SC2C=CC=CC2)C=CCC1. The van der Waals surface area contributed by atoms with Gasteiger partial charge in [0.2, 0.25) is 0 Å². The molecule has 2 aliphatic carbocycles. The standard InChI is InChI=1S/C13H16S/c1-11-7-5-6-10-13(11)14-12-8-3-2-4-9-12/h2-4,6,8,10,12H,5,7,9H2,1H3. The Hall–Kier alpha value is -0.690. The smallest absolute Gasteiger partial charge is 0.0312 e. The Labute approximate surface area is 90.5 Å². The van der Waals surface area contributed by atoms with Crippen molar-refractivity contribution in [2.45, 2.75) is 31.4 Å². The number of thioether (sulfide) groups is 1. The molecule has 0 saturated carbocycles. The lowest BCUT2D eigenvalue weighted by atomic mass is 10.1. The van der Waals surface area contributed by atoms with Crippen molar-refractivity contribution in [3.8, 4) is 0 Å². The van der Waals surface area contributed by atoms with Gasteiger partial charge < -0.3 is 0 Å². The summed E-state index contributed by atoms with van der Waals surface area (Å²) in [4.78, 5) is 1.49. The third kappa shape index (κ3) is 2.42. The average molecular weight is 204 g/mol. The normalized spacial score (nSPS) is 25.9. The molecule has 0 aliphatic heterocycles. The summed E-state index contributed by atoms with van der Waals surface area (Å²) in [6, 6.07) is 0. The minimum atomic E-state index is 0.646.